The molecule has 3 aliphatic rings. The van der Waals surface area contributed by atoms with E-state index in [0.29, 0.717) is 17.5 Å². The third-order valence-corrected chi connectivity index (χ3v) is 20.6. The predicted octanol–water partition coefficient (Wildman–Crippen LogP) is 21.4. The van der Waals surface area contributed by atoms with E-state index >= 15 is 0 Å². The van der Waals surface area contributed by atoms with E-state index in [1.54, 1.807) is 0 Å². The van der Waals surface area contributed by atoms with Crippen LogP contribution in [-0.2, 0) is 5.41 Å². The highest BCUT2D eigenvalue weighted by Crippen LogP contribution is 2.64. The van der Waals surface area contributed by atoms with Crippen LogP contribution < -0.4 is 0 Å². The number of hydrogen-bond donors (Lipinski definition) is 0. The zero-order chi connectivity index (χ0) is 61.3. The van der Waals surface area contributed by atoms with Crippen molar-refractivity contribution in [1.82, 2.24) is 33.2 Å². The SMILES string of the molecule is C1=CC(n2c3ccccc3c3ccc4c5ccccc5n(-c5ccc6c(c5)C5(c7ccccc7-c7ccc(-c8nc(-c9ccccc9)nc(-c9ccccc9)n8)cc75)c5cc(-n7c8ccccc8c8ccc9c%10ccccc%10n(-c%10ccccc%10)c9c87)ccc5-6)c4c32)=CC1. The quantitative estimate of drug-likeness (QED) is 0.160. The first kappa shape index (κ1) is 51.3. The van der Waals surface area contributed by atoms with Crippen molar-refractivity contribution in [3.05, 3.63) is 332 Å². The van der Waals surface area contributed by atoms with Crippen LogP contribution in [0.25, 0.3) is 166 Å². The van der Waals surface area contributed by atoms with Gasteiger partial charge in [-0.2, -0.15) is 0 Å². The van der Waals surface area contributed by atoms with E-state index in [0.717, 1.165) is 56.7 Å². The number of nitrogens with zero attached hydrogens (tertiary/aromatic N) is 7. The molecule has 0 fully saturated rings. The number of benzene rings is 13. The highest BCUT2D eigenvalue weighted by molar-refractivity contribution is 6.26. The Morgan fingerprint density at radius 2 is 0.638 bits per heavy atom. The lowest BCUT2D eigenvalue weighted by atomic mass is 9.70. The van der Waals surface area contributed by atoms with Crippen molar-refractivity contribution in [1.29, 1.82) is 0 Å². The molecule has 0 radical (unpaired) electrons. The van der Waals surface area contributed by atoms with E-state index in [1.807, 2.05) is 36.4 Å². The molecule has 7 nitrogen and oxygen atoms in total. The normalized spacial score (nSPS) is 14.6. The van der Waals surface area contributed by atoms with Crippen molar-refractivity contribution in [3.63, 3.8) is 0 Å². The third kappa shape index (κ3) is 6.91. The summed E-state index contributed by atoms with van der Waals surface area (Å²) >= 11 is 0. The van der Waals surface area contributed by atoms with Gasteiger partial charge in [-0.05, 0) is 124 Å². The van der Waals surface area contributed by atoms with Gasteiger partial charge in [0.05, 0.1) is 49.5 Å². The number of hydrogen-bond acceptors (Lipinski definition) is 3. The molecule has 1 atom stereocenters. The van der Waals surface area contributed by atoms with Crippen molar-refractivity contribution >= 4 is 92.9 Å². The van der Waals surface area contributed by atoms with Gasteiger partial charge in [0.25, 0.3) is 0 Å². The van der Waals surface area contributed by atoms with Crippen molar-refractivity contribution in [3.8, 4) is 73.5 Å². The molecule has 21 rings (SSSR count). The largest absolute Gasteiger partial charge is 0.308 e. The van der Waals surface area contributed by atoms with Crippen molar-refractivity contribution in [2.45, 2.75) is 11.8 Å². The minimum absolute atomic E-state index is 0.613. The molecular weight excluding hydrogens is 1140 g/mol. The lowest BCUT2D eigenvalue weighted by Gasteiger charge is -2.31. The van der Waals surface area contributed by atoms with Crippen LogP contribution in [0.15, 0.2) is 309 Å². The fourth-order valence-corrected chi connectivity index (χ4v) is 16.8. The van der Waals surface area contributed by atoms with Crippen LogP contribution in [0.4, 0.5) is 0 Å². The van der Waals surface area contributed by atoms with Crippen molar-refractivity contribution < 1.29 is 0 Å². The summed E-state index contributed by atoms with van der Waals surface area (Å²) in [5, 5.41) is 9.73. The van der Waals surface area contributed by atoms with Gasteiger partial charge in [0, 0.05) is 82.5 Å². The van der Waals surface area contributed by atoms with E-state index in [-0.39, 0.29) is 0 Å². The van der Waals surface area contributed by atoms with Crippen molar-refractivity contribution in [2.24, 2.45) is 0 Å². The molecule has 436 valence electrons. The van der Waals surface area contributed by atoms with Gasteiger partial charge in [0.2, 0.25) is 0 Å². The molecule has 0 saturated heterocycles. The Kier molecular flexibility index (Phi) is 10.5. The molecule has 7 heteroatoms. The lowest BCUT2D eigenvalue weighted by Crippen LogP contribution is -2.26. The number of fused-ring (bicyclic) bond motifs is 24. The first-order chi connectivity index (χ1) is 46.7. The zero-order valence-electron chi connectivity index (χ0n) is 50.8. The molecule has 0 N–H and O–H groups in total. The molecule has 94 heavy (non-hydrogen) atoms. The fourth-order valence-electron chi connectivity index (χ4n) is 16.8. The van der Waals surface area contributed by atoms with Gasteiger partial charge in [-0.15, -0.1) is 0 Å². The van der Waals surface area contributed by atoms with Crippen LogP contribution in [0.5, 0.6) is 0 Å². The highest BCUT2D eigenvalue weighted by Gasteiger charge is 2.52. The van der Waals surface area contributed by atoms with Gasteiger partial charge in [-0.25, -0.2) is 15.0 Å². The monoisotopic (exact) mass is 1200 g/mol. The summed E-state index contributed by atoms with van der Waals surface area (Å²) < 4.78 is 10.1. The van der Waals surface area contributed by atoms with E-state index in [1.165, 1.54) is 121 Å². The standard InChI is InChI=1S/C87H53N7/c1-4-22-53(23-5-1)84-88-85(54-24-6-2-7-25-54)90-86(89-84)55-40-43-61-60-30-12-17-35-72(60)87(73(61)50-55)74-51-58(93-78-38-20-15-33-66(78)70-48-46-68-64-31-13-18-36-76(64)91(80(68)82(70)93)56-26-8-3-9-27-56)41-44-62(74)63-45-42-59(52-75(63)87)94-79-39-21-16-34-67(79)71-49-47-69-65-32-14-19-37-77(65)92(81(69)83(71)94)57-28-10-11-29-57/h1-10,12-52H,11H2. The summed E-state index contributed by atoms with van der Waals surface area (Å²) in [5.74, 6) is 1.86. The van der Waals surface area contributed by atoms with Gasteiger partial charge in [0.1, 0.15) is 0 Å². The Labute approximate surface area is 540 Å². The maximum Gasteiger partial charge on any atom is 0.164 e. The van der Waals surface area contributed by atoms with Crippen LogP contribution >= 0.6 is 0 Å². The molecule has 0 bridgehead atoms. The zero-order valence-corrected chi connectivity index (χ0v) is 50.8. The molecule has 0 amide bonds. The molecule has 5 aromatic heterocycles. The molecule has 1 unspecified atom stereocenters. The lowest BCUT2D eigenvalue weighted by molar-refractivity contribution is 0.791. The van der Waals surface area contributed by atoms with Gasteiger partial charge in [-0.1, -0.05) is 237 Å². The Morgan fingerprint density at radius 1 is 0.266 bits per heavy atom. The molecule has 13 aromatic carbocycles. The highest BCUT2D eigenvalue weighted by atomic mass is 15.1. The maximum absolute atomic E-state index is 5.39. The third-order valence-electron chi connectivity index (χ3n) is 20.6. The average Bonchev–Trinajstić information content (AvgIpc) is 1.51. The average molecular weight is 1200 g/mol. The Bertz CT molecular complexity index is 6320. The summed E-state index contributed by atoms with van der Waals surface area (Å²) in [6.07, 6.45) is 7.82. The second kappa shape index (κ2) is 19.3. The summed E-state index contributed by atoms with van der Waals surface area (Å²) in [6.45, 7) is 0. The maximum atomic E-state index is 5.39. The first-order valence-electron chi connectivity index (χ1n) is 32.4. The van der Waals surface area contributed by atoms with Crippen LogP contribution in [0, 0.1) is 0 Å². The van der Waals surface area contributed by atoms with Gasteiger partial charge in [0.15, 0.2) is 17.5 Å². The fraction of sp³-hybridized carbons (Fsp3) is 0.0230. The topological polar surface area (TPSA) is 58.4 Å². The Balaban J connectivity index is 0.880. The summed E-state index contributed by atoms with van der Waals surface area (Å²) in [5.41, 5.74) is 25.5. The van der Waals surface area contributed by atoms with Gasteiger partial charge >= 0.3 is 0 Å². The van der Waals surface area contributed by atoms with Crippen LogP contribution in [-0.4, -0.2) is 33.2 Å². The summed E-state index contributed by atoms with van der Waals surface area (Å²) in [7, 11) is 0. The Hall–Kier alpha value is -12.5. The number of para-hydroxylation sites is 5. The molecule has 18 aromatic rings. The number of allylic oxidation sites excluding steroid dienone is 4. The van der Waals surface area contributed by atoms with Crippen LogP contribution in [0.2, 0.25) is 0 Å². The second-order valence-corrected chi connectivity index (χ2v) is 25.3. The summed E-state index contributed by atoms with van der Waals surface area (Å²) in [6, 6.07) is 107. The van der Waals surface area contributed by atoms with E-state index < -0.39 is 5.41 Å². The molecule has 3 aliphatic carbocycles. The first-order valence-corrected chi connectivity index (χ1v) is 32.4. The molecule has 0 saturated carbocycles. The number of aromatic nitrogens is 7. The van der Waals surface area contributed by atoms with Crippen molar-refractivity contribution in [2.75, 3.05) is 0 Å². The van der Waals surface area contributed by atoms with Crippen LogP contribution in [0.1, 0.15) is 28.7 Å². The number of rotatable bonds is 7. The minimum atomic E-state index is -0.842. The van der Waals surface area contributed by atoms with Crippen LogP contribution in [0.3, 0.4) is 0 Å². The van der Waals surface area contributed by atoms with Gasteiger partial charge < -0.3 is 18.3 Å². The second-order valence-electron chi connectivity index (χ2n) is 25.3. The Morgan fingerprint density at radius 3 is 1.12 bits per heavy atom. The van der Waals surface area contributed by atoms with E-state index in [2.05, 4.69) is 291 Å². The predicted molar refractivity (Wildman–Crippen MR) is 386 cm³/mol. The molecular formula is C87H53N7. The van der Waals surface area contributed by atoms with E-state index in [4.69, 9.17) is 15.0 Å². The molecule has 1 spiro atoms. The van der Waals surface area contributed by atoms with Gasteiger partial charge in [-0.3, -0.25) is 0 Å². The smallest absolute Gasteiger partial charge is 0.164 e. The minimum Gasteiger partial charge on any atom is -0.308 e. The summed E-state index contributed by atoms with van der Waals surface area (Å²) in [4.78, 5) is 16.0. The molecule has 5 heterocycles. The molecule has 0 aliphatic heterocycles. The van der Waals surface area contributed by atoms with E-state index in [9.17, 15) is 0 Å².